The van der Waals surface area contributed by atoms with Gasteiger partial charge in [-0.15, -0.1) is 0 Å². The van der Waals surface area contributed by atoms with E-state index in [9.17, 15) is 13.2 Å². The fourth-order valence-corrected chi connectivity index (χ4v) is 4.58. The van der Waals surface area contributed by atoms with Crippen LogP contribution in [0.25, 0.3) is 0 Å². The summed E-state index contributed by atoms with van der Waals surface area (Å²) in [5.41, 5.74) is 2.85. The first-order valence-electron chi connectivity index (χ1n) is 9.72. The highest BCUT2D eigenvalue weighted by Gasteiger charge is 2.31. The number of rotatable bonds is 7. The van der Waals surface area contributed by atoms with Gasteiger partial charge in [-0.3, -0.25) is 4.79 Å². The Morgan fingerprint density at radius 1 is 0.871 bits per heavy atom. The van der Waals surface area contributed by atoms with E-state index in [2.05, 4.69) is 0 Å². The van der Waals surface area contributed by atoms with Crippen LogP contribution in [-0.2, 0) is 14.8 Å². The van der Waals surface area contributed by atoms with Crippen molar-refractivity contribution in [2.24, 2.45) is 0 Å². The number of carbonyl (C=O) groups is 1. The summed E-state index contributed by atoms with van der Waals surface area (Å²) in [4.78, 5) is 13.2. The highest BCUT2D eigenvalue weighted by Crippen LogP contribution is 2.27. The van der Waals surface area contributed by atoms with Gasteiger partial charge in [0.05, 0.1) is 17.7 Å². The van der Waals surface area contributed by atoms with Crippen molar-refractivity contribution in [3.05, 3.63) is 83.4 Å². The summed E-state index contributed by atoms with van der Waals surface area (Å²) in [6, 6.07) is 18.3. The molecule has 0 fully saturated rings. The van der Waals surface area contributed by atoms with Gasteiger partial charge in [0.1, 0.15) is 11.5 Å². The minimum Gasteiger partial charge on any atom is -0.497 e. The lowest BCUT2D eigenvalue weighted by atomic mass is 10.1. The lowest BCUT2D eigenvalue weighted by Crippen LogP contribution is -2.40. The van der Waals surface area contributed by atoms with Crippen molar-refractivity contribution in [2.75, 3.05) is 18.0 Å². The van der Waals surface area contributed by atoms with Crippen LogP contribution in [0, 0.1) is 20.8 Å². The third kappa shape index (κ3) is 4.88. The number of aryl methyl sites for hydroxylation is 3. The number of para-hydroxylation sites is 1. The molecule has 3 rings (SSSR count). The predicted molar refractivity (Wildman–Crippen MR) is 120 cm³/mol. The van der Waals surface area contributed by atoms with E-state index in [1.807, 2.05) is 39.0 Å². The van der Waals surface area contributed by atoms with E-state index in [1.165, 1.54) is 31.4 Å². The van der Waals surface area contributed by atoms with Gasteiger partial charge in [0.15, 0.2) is 6.61 Å². The molecule has 3 aromatic carbocycles. The maximum atomic E-state index is 13.4. The van der Waals surface area contributed by atoms with Gasteiger partial charge in [0.2, 0.25) is 0 Å². The molecular weight excluding hydrogens is 414 g/mol. The summed E-state index contributed by atoms with van der Waals surface area (Å²) in [6.45, 7) is 5.18. The third-order valence-electron chi connectivity index (χ3n) is 4.84. The zero-order valence-electron chi connectivity index (χ0n) is 18.0. The molecule has 0 bridgehead atoms. The van der Waals surface area contributed by atoms with Crippen molar-refractivity contribution < 1.29 is 22.7 Å². The van der Waals surface area contributed by atoms with Crippen LogP contribution in [0.15, 0.2) is 71.6 Å². The molecule has 0 heterocycles. The normalized spacial score (nSPS) is 11.1. The largest absolute Gasteiger partial charge is 0.497 e. The molecule has 162 valence electrons. The first kappa shape index (κ1) is 22.4. The second-order valence-corrected chi connectivity index (χ2v) is 8.97. The third-order valence-corrected chi connectivity index (χ3v) is 6.60. The van der Waals surface area contributed by atoms with Crippen LogP contribution in [0.5, 0.6) is 11.5 Å². The van der Waals surface area contributed by atoms with Gasteiger partial charge in [0.25, 0.3) is 15.9 Å². The molecule has 0 aromatic heterocycles. The van der Waals surface area contributed by atoms with Crippen molar-refractivity contribution >= 4 is 21.6 Å². The maximum Gasteiger partial charge on any atom is 0.278 e. The van der Waals surface area contributed by atoms with Crippen LogP contribution >= 0.6 is 0 Å². The van der Waals surface area contributed by atoms with Crippen LogP contribution in [0.4, 0.5) is 5.69 Å². The Bertz CT molecular complexity index is 1150. The number of hydrogen-bond donors (Lipinski definition) is 0. The van der Waals surface area contributed by atoms with E-state index in [0.717, 1.165) is 21.0 Å². The number of anilines is 1. The molecule has 0 aliphatic heterocycles. The number of amides is 1. The molecule has 0 saturated carbocycles. The van der Waals surface area contributed by atoms with Gasteiger partial charge in [-0.2, -0.15) is 4.31 Å². The van der Waals surface area contributed by atoms with Crippen LogP contribution in [-0.4, -0.2) is 28.0 Å². The molecule has 0 radical (unpaired) electrons. The average Bonchev–Trinajstić information content (AvgIpc) is 2.74. The first-order chi connectivity index (χ1) is 14.7. The van der Waals surface area contributed by atoms with Crippen LogP contribution < -0.4 is 13.8 Å². The van der Waals surface area contributed by atoms with Crippen molar-refractivity contribution in [3.63, 3.8) is 0 Å². The quantitative estimate of drug-likeness (QED) is 0.545. The van der Waals surface area contributed by atoms with Gasteiger partial charge in [-0.1, -0.05) is 35.9 Å². The van der Waals surface area contributed by atoms with Gasteiger partial charge in [0, 0.05) is 0 Å². The number of nitrogens with zero attached hydrogens (tertiary/aromatic N) is 1. The fourth-order valence-electron chi connectivity index (χ4n) is 3.17. The Morgan fingerprint density at radius 2 is 1.45 bits per heavy atom. The number of carbonyl (C=O) groups excluding carboxylic acids is 1. The van der Waals surface area contributed by atoms with E-state index >= 15 is 0 Å². The Kier molecular flexibility index (Phi) is 6.65. The summed E-state index contributed by atoms with van der Waals surface area (Å²) in [5.74, 6) is 0.419. The highest BCUT2D eigenvalue weighted by molar-refractivity contribution is 7.93. The monoisotopic (exact) mass is 439 g/mol. The van der Waals surface area contributed by atoms with E-state index in [-0.39, 0.29) is 10.6 Å². The molecule has 3 aromatic rings. The van der Waals surface area contributed by atoms with Crippen molar-refractivity contribution in [3.8, 4) is 11.5 Å². The number of benzene rings is 3. The summed E-state index contributed by atoms with van der Waals surface area (Å²) >= 11 is 0. The highest BCUT2D eigenvalue weighted by atomic mass is 32.2. The fraction of sp³-hybridized carbons (Fsp3) is 0.208. The Balaban J connectivity index is 1.98. The minimum absolute atomic E-state index is 0.0225. The Hall–Kier alpha value is -3.32. The van der Waals surface area contributed by atoms with Crippen molar-refractivity contribution in [1.82, 2.24) is 0 Å². The molecular formula is C24H25NO5S. The smallest absolute Gasteiger partial charge is 0.278 e. The summed E-state index contributed by atoms with van der Waals surface area (Å²) in [6.07, 6.45) is 0. The molecule has 0 spiro atoms. The van der Waals surface area contributed by atoms with Crippen LogP contribution in [0.2, 0.25) is 0 Å². The zero-order valence-corrected chi connectivity index (χ0v) is 18.8. The van der Waals surface area contributed by atoms with Crippen LogP contribution in [0.1, 0.15) is 16.7 Å². The average molecular weight is 440 g/mol. The van der Waals surface area contributed by atoms with E-state index < -0.39 is 22.5 Å². The summed E-state index contributed by atoms with van der Waals surface area (Å²) < 4.78 is 38.5. The number of sulfonamides is 1. The van der Waals surface area contributed by atoms with Gasteiger partial charge < -0.3 is 9.47 Å². The molecule has 6 nitrogen and oxygen atoms in total. The van der Waals surface area contributed by atoms with Crippen LogP contribution in [0.3, 0.4) is 0 Å². The Labute approximate surface area is 183 Å². The second-order valence-electron chi connectivity index (χ2n) is 7.18. The lowest BCUT2D eigenvalue weighted by Gasteiger charge is -2.23. The van der Waals surface area contributed by atoms with E-state index in [1.54, 1.807) is 24.3 Å². The standard InChI is InChI=1S/C24H25NO5S/c1-17-8-14-22(15-9-17)31(27,28)25(20-10-12-21(29-4)13-11-20)23(26)16-30-24-18(2)6-5-7-19(24)3/h5-15H,16H2,1-4H3. The number of ether oxygens (including phenoxy) is 2. The summed E-state index contributed by atoms with van der Waals surface area (Å²) in [5, 5.41) is 0. The molecule has 0 aliphatic carbocycles. The number of methoxy groups -OCH3 is 1. The minimum atomic E-state index is -4.15. The lowest BCUT2D eigenvalue weighted by molar-refractivity contribution is -0.119. The first-order valence-corrected chi connectivity index (χ1v) is 11.2. The van der Waals surface area contributed by atoms with Gasteiger partial charge in [-0.25, -0.2) is 8.42 Å². The predicted octanol–water partition coefficient (Wildman–Crippen LogP) is 4.42. The SMILES string of the molecule is COc1ccc(N(C(=O)COc2c(C)cccc2C)S(=O)(=O)c2ccc(C)cc2)cc1. The number of hydrogen-bond acceptors (Lipinski definition) is 5. The second kappa shape index (κ2) is 9.22. The Morgan fingerprint density at radius 3 is 2.00 bits per heavy atom. The summed E-state index contributed by atoms with van der Waals surface area (Å²) in [7, 11) is -2.64. The van der Waals surface area contributed by atoms with Crippen molar-refractivity contribution in [1.29, 1.82) is 0 Å². The molecule has 7 heteroatoms. The molecule has 0 aliphatic rings. The molecule has 31 heavy (non-hydrogen) atoms. The van der Waals surface area contributed by atoms with Gasteiger partial charge >= 0.3 is 0 Å². The van der Waals surface area contributed by atoms with E-state index in [4.69, 9.17) is 9.47 Å². The molecule has 0 atom stereocenters. The maximum absolute atomic E-state index is 13.4. The molecule has 1 amide bonds. The molecule has 0 N–H and O–H groups in total. The molecule has 0 saturated heterocycles. The topological polar surface area (TPSA) is 72.9 Å². The molecule has 0 unspecified atom stereocenters. The van der Waals surface area contributed by atoms with Crippen molar-refractivity contribution in [2.45, 2.75) is 25.7 Å². The van der Waals surface area contributed by atoms with E-state index in [0.29, 0.717) is 11.5 Å². The zero-order chi connectivity index (χ0) is 22.6. The van der Waals surface area contributed by atoms with Gasteiger partial charge in [-0.05, 0) is 68.3 Å².